The molecule has 0 radical (unpaired) electrons. The molecule has 0 aliphatic carbocycles. The molecule has 0 spiro atoms. The molecule has 446 valence electrons. The number of guanidine groups is 2. The molecule has 1 unspecified atom stereocenters. The molecule has 1 aromatic rings. The Kier molecular flexibility index (Phi) is 27.6. The van der Waals surface area contributed by atoms with Crippen LogP contribution in [0.2, 0.25) is 0 Å². The number of hydrogen-bond donors (Lipinski definition) is 14. The fraction of sp³-hybridized carbons (Fsp3) is 0.630. The van der Waals surface area contributed by atoms with Crippen molar-refractivity contribution in [2.45, 2.75) is 94.1 Å². The number of aliphatic hydroxyl groups is 4. The third-order valence-corrected chi connectivity index (χ3v) is 11.5. The van der Waals surface area contributed by atoms with Gasteiger partial charge in [-0.2, -0.15) is 0 Å². The first-order chi connectivity index (χ1) is 38.2. The summed E-state index contributed by atoms with van der Waals surface area (Å²) in [4.78, 5) is 72.1. The van der Waals surface area contributed by atoms with E-state index in [2.05, 4.69) is 47.8 Å². The van der Waals surface area contributed by atoms with Crippen molar-refractivity contribution in [2.24, 2.45) is 32.9 Å². The number of carboxylic acids is 2. The van der Waals surface area contributed by atoms with Crippen molar-refractivity contribution in [3.8, 4) is 12.3 Å². The molecule has 0 fully saturated rings. The van der Waals surface area contributed by atoms with Gasteiger partial charge >= 0.3 is 11.9 Å². The van der Waals surface area contributed by atoms with E-state index < -0.39 is 121 Å². The minimum atomic E-state index is -1.66. The summed E-state index contributed by atoms with van der Waals surface area (Å²) < 4.78 is 46.5. The highest BCUT2D eigenvalue weighted by atomic mass is 16.6. The van der Waals surface area contributed by atoms with Crippen LogP contribution in [0, 0.1) is 12.3 Å². The van der Waals surface area contributed by atoms with Gasteiger partial charge in [-0.05, 0) is 12.2 Å². The van der Waals surface area contributed by atoms with E-state index in [-0.39, 0.29) is 78.1 Å². The molecule has 3 amide bonds. The molecule has 0 saturated heterocycles. The minimum absolute atomic E-state index is 0.0234. The van der Waals surface area contributed by atoms with Crippen molar-refractivity contribution in [2.75, 3.05) is 92.4 Å². The van der Waals surface area contributed by atoms with Crippen LogP contribution in [0.4, 0.5) is 0 Å². The lowest BCUT2D eigenvalue weighted by Gasteiger charge is -2.40. The number of nitrogens with one attached hydrogen (secondary N) is 4. The van der Waals surface area contributed by atoms with Crippen molar-refractivity contribution in [1.82, 2.24) is 46.5 Å². The number of carbonyl (C=O) groups is 5. The van der Waals surface area contributed by atoms with E-state index in [0.29, 0.717) is 37.8 Å². The summed E-state index contributed by atoms with van der Waals surface area (Å²) in [6, 6.07) is -4.67. The van der Waals surface area contributed by atoms with Gasteiger partial charge in [-0.15, -0.1) is 17.1 Å². The van der Waals surface area contributed by atoms with Crippen LogP contribution in [-0.4, -0.2) is 250 Å². The molecule has 34 heteroatoms. The maximum Gasteiger partial charge on any atom is 0.370 e. The van der Waals surface area contributed by atoms with E-state index >= 15 is 0 Å². The van der Waals surface area contributed by atoms with Gasteiger partial charge in [0.05, 0.1) is 141 Å². The molecule has 3 aliphatic heterocycles. The average molecular weight is 1140 g/mol. The fourth-order valence-corrected chi connectivity index (χ4v) is 8.08. The van der Waals surface area contributed by atoms with Crippen LogP contribution in [0.5, 0.6) is 0 Å². The summed E-state index contributed by atoms with van der Waals surface area (Å²) in [6.45, 7) is 2.09. The van der Waals surface area contributed by atoms with Crippen LogP contribution in [0.25, 0.3) is 0 Å². The number of rotatable bonds is 37. The molecule has 1 aromatic heterocycles. The smallest absolute Gasteiger partial charge is 0.370 e. The lowest BCUT2D eigenvalue weighted by Crippen LogP contribution is -2.60. The first-order valence-electron chi connectivity index (χ1n) is 24.9. The summed E-state index contributed by atoms with van der Waals surface area (Å²) in [5.41, 5.74) is 29.1. The molecular formula is C46H73N15O19. The SMILES string of the molecule is C#CCOCCOCCOCCOCCC(=O)N(CC1=CN(CCO[C@H]([C@H](O)CO)[C@@H]2OC(C(=O)O)=C[C@H](N=C(N)N)C2NC(C)=O)NN1)Cc1cn(CCO[C@@H]([C@@H]2OC(C(=O)O)=C[C@H](N=C(N)N)[C@H]2NC(C)=O)[C@H](O)CO)nn1. The third kappa shape index (κ3) is 21.7. The average Bonchev–Trinajstić information content (AvgIpc) is 4.10. The largest absolute Gasteiger partial charge is 0.478 e. The number of nitrogens with two attached hydrogens (primary N) is 4. The standard InChI is InChI=1S/C46H73N15O19/c1-4-8-73-12-14-75-16-17-76-15-13-74-9-5-36(68)59(20-28-22-60(57-55-28)6-10-77-39(32(66)24-62)41-37(51-26(2)64)30(53-45(47)48)18-34(79-41)43(69)70)21-29-23-61(58-56-29)7-11-78-40(33(67)25-63)42-38(52-27(3)65)31(54-46(49)50)19-35(80-42)44(71)72/h1,18-19,22-23,30-33,37-42,55,57,62-63,66-67H,5-17,20-21,24-25H2,2-3H3,(H,51,64)(H,52,65)(H,69,70)(H,71,72)(H4,47,48,53)(H4,49,50,54)/t30-,31-,32+,33+,37?,38+,39+,40+,41+,42+/m0/s1. The highest BCUT2D eigenvalue weighted by Gasteiger charge is 2.47. The zero-order valence-electron chi connectivity index (χ0n) is 44.1. The number of hydrazine groups is 2. The number of terminal acetylenes is 1. The summed E-state index contributed by atoms with van der Waals surface area (Å²) in [6.07, 6.45) is 1.31. The number of carboxylic acid groups (broad SMARTS) is 2. The summed E-state index contributed by atoms with van der Waals surface area (Å²) >= 11 is 0. The Balaban J connectivity index is 1.46. The molecule has 10 atom stereocenters. The Bertz CT molecular complexity index is 2380. The Morgan fingerprint density at radius 1 is 0.762 bits per heavy atom. The molecule has 0 saturated carbocycles. The predicted molar refractivity (Wildman–Crippen MR) is 274 cm³/mol. The van der Waals surface area contributed by atoms with Crippen molar-refractivity contribution in [1.29, 1.82) is 0 Å². The topological polar surface area (TPSA) is 495 Å². The lowest BCUT2D eigenvalue weighted by molar-refractivity contribution is -0.154. The highest BCUT2D eigenvalue weighted by Crippen LogP contribution is 2.28. The van der Waals surface area contributed by atoms with Crippen LogP contribution in [0.15, 0.2) is 51.7 Å². The normalized spacial score (nSPS) is 21.1. The van der Waals surface area contributed by atoms with E-state index in [1.54, 1.807) is 6.20 Å². The van der Waals surface area contributed by atoms with Crippen molar-refractivity contribution in [3.63, 3.8) is 0 Å². The second-order valence-electron chi connectivity index (χ2n) is 17.7. The first kappa shape index (κ1) is 65.1. The molecule has 4 rings (SSSR count). The molecular weight excluding hydrogens is 1070 g/mol. The van der Waals surface area contributed by atoms with Gasteiger partial charge < -0.3 is 112 Å². The summed E-state index contributed by atoms with van der Waals surface area (Å²) in [5, 5.41) is 76.5. The number of ether oxygens (including phenoxy) is 8. The number of aliphatic hydroxyl groups excluding tert-OH is 4. The number of carbonyl (C=O) groups excluding carboxylic acids is 3. The second-order valence-corrected chi connectivity index (χ2v) is 17.7. The zero-order valence-corrected chi connectivity index (χ0v) is 44.1. The third-order valence-electron chi connectivity index (χ3n) is 11.5. The molecule has 80 heavy (non-hydrogen) atoms. The first-order valence-corrected chi connectivity index (χ1v) is 24.9. The number of nitrogens with zero attached hydrogens (tertiary/aromatic N) is 7. The molecule has 4 heterocycles. The van der Waals surface area contributed by atoms with Gasteiger partial charge in [0.2, 0.25) is 29.2 Å². The molecule has 18 N–H and O–H groups in total. The maximum atomic E-state index is 13.9. The summed E-state index contributed by atoms with van der Waals surface area (Å²) in [7, 11) is 0. The van der Waals surface area contributed by atoms with E-state index in [9.17, 15) is 54.6 Å². The van der Waals surface area contributed by atoms with E-state index in [1.165, 1.54) is 34.6 Å². The minimum Gasteiger partial charge on any atom is -0.478 e. The monoisotopic (exact) mass is 1140 g/mol. The zero-order chi connectivity index (χ0) is 58.7. The van der Waals surface area contributed by atoms with Crippen molar-refractivity contribution in [3.05, 3.63) is 47.5 Å². The van der Waals surface area contributed by atoms with Crippen LogP contribution < -0.4 is 44.5 Å². The highest BCUT2D eigenvalue weighted by molar-refractivity contribution is 5.86. The summed E-state index contributed by atoms with van der Waals surface area (Å²) in [5.74, 6) is -4.21. The molecule has 0 aromatic carbocycles. The predicted octanol–water partition coefficient (Wildman–Crippen LogP) is -7.63. The number of aliphatic imine (C=N–C) groups is 2. The quantitative estimate of drug-likeness (QED) is 0.0127. The fourth-order valence-electron chi connectivity index (χ4n) is 8.08. The van der Waals surface area contributed by atoms with Crippen molar-refractivity contribution >= 4 is 41.6 Å². The molecule has 3 aliphatic rings. The van der Waals surface area contributed by atoms with Crippen LogP contribution in [0.1, 0.15) is 26.0 Å². The van der Waals surface area contributed by atoms with E-state index in [0.717, 1.165) is 12.2 Å². The van der Waals surface area contributed by atoms with Gasteiger partial charge in [0.1, 0.15) is 36.7 Å². The van der Waals surface area contributed by atoms with Gasteiger partial charge in [-0.3, -0.25) is 19.4 Å². The Labute approximate surface area is 458 Å². The number of hydrogen-bond acceptors (Lipinski definition) is 24. The Hall–Kier alpha value is -7.43. The number of aliphatic carboxylic acids is 2. The van der Waals surface area contributed by atoms with E-state index in [4.69, 9.17) is 67.3 Å². The van der Waals surface area contributed by atoms with Crippen LogP contribution in [0.3, 0.4) is 0 Å². The van der Waals surface area contributed by atoms with Crippen molar-refractivity contribution < 1.29 is 92.5 Å². The van der Waals surface area contributed by atoms with E-state index in [1.807, 2.05) is 0 Å². The van der Waals surface area contributed by atoms with Crippen LogP contribution in [-0.2, 0) is 75.0 Å². The Morgan fingerprint density at radius 2 is 1.25 bits per heavy atom. The number of aromatic nitrogens is 3. The van der Waals surface area contributed by atoms with Gasteiger partial charge in [-0.1, -0.05) is 11.1 Å². The molecule has 34 nitrogen and oxygen atoms in total. The maximum absolute atomic E-state index is 13.9. The van der Waals surface area contributed by atoms with Crippen LogP contribution >= 0.6 is 0 Å². The lowest BCUT2D eigenvalue weighted by atomic mass is 9.92. The van der Waals surface area contributed by atoms with Gasteiger partial charge in [0.15, 0.2) is 24.1 Å². The Morgan fingerprint density at radius 3 is 1.71 bits per heavy atom. The second kappa shape index (κ2) is 33.9. The van der Waals surface area contributed by atoms with Gasteiger partial charge in [0, 0.05) is 20.0 Å². The van der Waals surface area contributed by atoms with Gasteiger partial charge in [-0.25, -0.2) is 24.3 Å². The molecule has 0 bridgehead atoms. The number of amides is 3. The van der Waals surface area contributed by atoms with Gasteiger partial charge in [0.25, 0.3) is 0 Å².